The zero-order valence-electron chi connectivity index (χ0n) is 13.0. The largest absolute Gasteiger partial charge is 0.359 e. The Morgan fingerprint density at radius 3 is 2.30 bits per heavy atom. The molecular formula is C15H29N3O2. The minimum Gasteiger partial charge on any atom is -0.359 e. The molecule has 1 saturated carbocycles. The molecule has 1 aliphatic rings. The monoisotopic (exact) mass is 283 g/mol. The normalized spacial score (nSPS) is 24.0. The lowest BCUT2D eigenvalue weighted by Crippen LogP contribution is -2.38. The molecule has 2 amide bonds. The van der Waals surface area contributed by atoms with Gasteiger partial charge in [-0.25, -0.2) is 0 Å². The summed E-state index contributed by atoms with van der Waals surface area (Å²) in [6.07, 6.45) is 5.10. The van der Waals surface area contributed by atoms with Crippen molar-refractivity contribution in [2.75, 3.05) is 27.2 Å². The average molecular weight is 283 g/mol. The molecule has 3 N–H and O–H groups in total. The molecule has 1 rings (SSSR count). The Morgan fingerprint density at radius 2 is 1.80 bits per heavy atom. The maximum atomic E-state index is 12.2. The molecule has 0 saturated heterocycles. The van der Waals surface area contributed by atoms with Crippen molar-refractivity contribution in [1.82, 2.24) is 10.2 Å². The van der Waals surface area contributed by atoms with Gasteiger partial charge in [-0.2, -0.15) is 0 Å². The van der Waals surface area contributed by atoms with E-state index in [1.807, 2.05) is 6.92 Å². The van der Waals surface area contributed by atoms with Crippen LogP contribution in [0.4, 0.5) is 0 Å². The van der Waals surface area contributed by atoms with Gasteiger partial charge in [0.1, 0.15) is 0 Å². The third-order valence-corrected chi connectivity index (χ3v) is 4.43. The lowest BCUT2D eigenvalue weighted by atomic mass is 9.80. The molecule has 1 fully saturated rings. The van der Waals surface area contributed by atoms with Crippen LogP contribution in [0.2, 0.25) is 0 Å². The van der Waals surface area contributed by atoms with Crippen LogP contribution in [0.5, 0.6) is 0 Å². The van der Waals surface area contributed by atoms with E-state index in [9.17, 15) is 9.59 Å². The molecule has 5 heteroatoms. The summed E-state index contributed by atoms with van der Waals surface area (Å²) < 4.78 is 0. The van der Waals surface area contributed by atoms with Crippen molar-refractivity contribution in [2.45, 2.75) is 39.0 Å². The molecule has 0 heterocycles. The van der Waals surface area contributed by atoms with E-state index in [0.29, 0.717) is 24.8 Å². The highest BCUT2D eigenvalue weighted by Gasteiger charge is 2.24. The molecule has 0 aromatic carbocycles. The molecule has 0 aromatic heterocycles. The molecular weight excluding hydrogens is 254 g/mol. The molecule has 0 radical (unpaired) electrons. The van der Waals surface area contributed by atoms with Gasteiger partial charge in [-0.15, -0.1) is 0 Å². The first-order chi connectivity index (χ1) is 9.47. The van der Waals surface area contributed by atoms with Gasteiger partial charge in [0.15, 0.2) is 0 Å². The van der Waals surface area contributed by atoms with Crippen molar-refractivity contribution < 1.29 is 9.59 Å². The van der Waals surface area contributed by atoms with Crippen LogP contribution in [0, 0.1) is 17.8 Å². The van der Waals surface area contributed by atoms with E-state index in [2.05, 4.69) is 5.32 Å². The van der Waals surface area contributed by atoms with Crippen LogP contribution in [0.1, 0.15) is 39.0 Å². The Labute approximate surface area is 122 Å². The molecule has 0 bridgehead atoms. The number of amides is 2. The summed E-state index contributed by atoms with van der Waals surface area (Å²) in [6.45, 7) is 3.09. The lowest BCUT2D eigenvalue weighted by molar-refractivity contribution is -0.133. The van der Waals surface area contributed by atoms with E-state index in [1.165, 1.54) is 0 Å². The summed E-state index contributed by atoms with van der Waals surface area (Å²) in [5.74, 6) is 1.10. The molecule has 0 aliphatic heterocycles. The van der Waals surface area contributed by atoms with Gasteiger partial charge < -0.3 is 16.0 Å². The van der Waals surface area contributed by atoms with E-state index >= 15 is 0 Å². The standard InChI is InChI=1S/C15H29N3O2/c1-11(15(20)17-2)10-18(3)14(19)8-12-4-6-13(9-16)7-5-12/h11-13H,4-10,16H2,1-3H3,(H,17,20). The molecule has 5 nitrogen and oxygen atoms in total. The molecule has 1 atom stereocenters. The van der Waals surface area contributed by atoms with Gasteiger partial charge in [0.2, 0.25) is 11.8 Å². The fourth-order valence-corrected chi connectivity index (χ4v) is 2.92. The van der Waals surface area contributed by atoms with Crippen LogP contribution in [-0.4, -0.2) is 43.9 Å². The number of rotatable bonds is 6. The second kappa shape index (κ2) is 8.25. The van der Waals surface area contributed by atoms with Crippen LogP contribution < -0.4 is 11.1 Å². The average Bonchev–Trinajstić information content (AvgIpc) is 2.46. The second-order valence-corrected chi connectivity index (χ2v) is 6.12. The Bertz CT molecular complexity index is 325. The number of hydrogen-bond donors (Lipinski definition) is 2. The summed E-state index contributed by atoms with van der Waals surface area (Å²) in [5, 5.41) is 2.61. The highest BCUT2D eigenvalue weighted by molar-refractivity contribution is 5.80. The molecule has 0 aromatic rings. The highest BCUT2D eigenvalue weighted by atomic mass is 16.2. The molecule has 0 spiro atoms. The SMILES string of the molecule is CNC(=O)C(C)CN(C)C(=O)CC1CCC(CN)CC1. The minimum absolute atomic E-state index is 0.0203. The van der Waals surface area contributed by atoms with Crippen molar-refractivity contribution in [3.05, 3.63) is 0 Å². The first kappa shape index (κ1) is 17.0. The predicted molar refractivity (Wildman–Crippen MR) is 80.0 cm³/mol. The zero-order valence-corrected chi connectivity index (χ0v) is 13.0. The van der Waals surface area contributed by atoms with Crippen LogP contribution >= 0.6 is 0 Å². The van der Waals surface area contributed by atoms with Gasteiger partial charge in [-0.3, -0.25) is 9.59 Å². The summed E-state index contributed by atoms with van der Waals surface area (Å²) in [7, 11) is 3.41. The van der Waals surface area contributed by atoms with Gasteiger partial charge >= 0.3 is 0 Å². The quantitative estimate of drug-likeness (QED) is 0.763. The van der Waals surface area contributed by atoms with Crippen LogP contribution in [0.25, 0.3) is 0 Å². The summed E-state index contributed by atoms with van der Waals surface area (Å²) in [5.41, 5.74) is 5.68. The Kier molecular flexibility index (Phi) is 6.99. The van der Waals surface area contributed by atoms with Crippen LogP contribution in [-0.2, 0) is 9.59 Å². The Balaban J connectivity index is 2.33. The topological polar surface area (TPSA) is 75.4 Å². The van der Waals surface area contributed by atoms with E-state index < -0.39 is 0 Å². The number of nitrogens with two attached hydrogens (primary N) is 1. The first-order valence-electron chi connectivity index (χ1n) is 7.63. The number of nitrogens with zero attached hydrogens (tertiary/aromatic N) is 1. The first-order valence-corrected chi connectivity index (χ1v) is 7.63. The maximum Gasteiger partial charge on any atom is 0.224 e. The van der Waals surface area contributed by atoms with Crippen molar-refractivity contribution in [2.24, 2.45) is 23.5 Å². The second-order valence-electron chi connectivity index (χ2n) is 6.12. The van der Waals surface area contributed by atoms with E-state index in [1.54, 1.807) is 19.0 Å². The maximum absolute atomic E-state index is 12.2. The predicted octanol–water partition coefficient (Wildman–Crippen LogP) is 0.982. The van der Waals surface area contributed by atoms with Gasteiger partial charge in [0.05, 0.1) is 5.92 Å². The third kappa shape index (κ3) is 5.12. The molecule has 20 heavy (non-hydrogen) atoms. The Morgan fingerprint density at radius 1 is 1.25 bits per heavy atom. The molecule has 116 valence electrons. The van der Waals surface area contributed by atoms with E-state index in [-0.39, 0.29) is 17.7 Å². The smallest absolute Gasteiger partial charge is 0.224 e. The van der Waals surface area contributed by atoms with Gasteiger partial charge in [-0.1, -0.05) is 6.92 Å². The number of hydrogen-bond acceptors (Lipinski definition) is 3. The van der Waals surface area contributed by atoms with Gasteiger partial charge in [0.25, 0.3) is 0 Å². The fourth-order valence-electron chi connectivity index (χ4n) is 2.92. The lowest BCUT2D eigenvalue weighted by Gasteiger charge is -2.29. The van der Waals surface area contributed by atoms with Crippen LogP contribution in [0.3, 0.4) is 0 Å². The van der Waals surface area contributed by atoms with Gasteiger partial charge in [-0.05, 0) is 44.1 Å². The molecule has 1 unspecified atom stereocenters. The number of carbonyl (C=O) groups excluding carboxylic acids is 2. The zero-order chi connectivity index (χ0) is 15.1. The minimum atomic E-state index is -0.165. The summed E-state index contributed by atoms with van der Waals surface area (Å²) in [6, 6.07) is 0. The van der Waals surface area contributed by atoms with Crippen molar-refractivity contribution in [3.8, 4) is 0 Å². The number of nitrogens with one attached hydrogen (secondary N) is 1. The van der Waals surface area contributed by atoms with Crippen molar-refractivity contribution >= 4 is 11.8 Å². The Hall–Kier alpha value is -1.10. The summed E-state index contributed by atoms with van der Waals surface area (Å²) in [4.78, 5) is 25.3. The third-order valence-electron chi connectivity index (χ3n) is 4.43. The van der Waals surface area contributed by atoms with Gasteiger partial charge in [0, 0.05) is 27.1 Å². The van der Waals surface area contributed by atoms with Crippen molar-refractivity contribution in [3.63, 3.8) is 0 Å². The van der Waals surface area contributed by atoms with E-state index in [0.717, 1.165) is 32.2 Å². The number of carbonyl (C=O) groups is 2. The summed E-state index contributed by atoms with van der Waals surface area (Å²) >= 11 is 0. The highest BCUT2D eigenvalue weighted by Crippen LogP contribution is 2.30. The fraction of sp³-hybridized carbons (Fsp3) is 0.867. The van der Waals surface area contributed by atoms with E-state index in [4.69, 9.17) is 5.73 Å². The van der Waals surface area contributed by atoms with Crippen molar-refractivity contribution in [1.29, 1.82) is 0 Å². The molecule has 1 aliphatic carbocycles. The van der Waals surface area contributed by atoms with Crippen LogP contribution in [0.15, 0.2) is 0 Å².